The fourth-order valence-electron chi connectivity index (χ4n) is 4.31. The molecule has 1 heterocycles. The van der Waals surface area contributed by atoms with Crippen molar-refractivity contribution in [2.45, 2.75) is 19.5 Å². The zero-order valence-corrected chi connectivity index (χ0v) is 19.0. The first-order valence-electron chi connectivity index (χ1n) is 11.3. The van der Waals surface area contributed by atoms with Crippen molar-refractivity contribution in [2.24, 2.45) is 0 Å². The second-order valence-corrected chi connectivity index (χ2v) is 8.47. The summed E-state index contributed by atoms with van der Waals surface area (Å²) in [6.07, 6.45) is -2.40. The highest BCUT2D eigenvalue weighted by molar-refractivity contribution is 5.98. The van der Waals surface area contributed by atoms with E-state index >= 15 is 0 Å². The Kier molecular flexibility index (Phi) is 6.00. The zero-order valence-electron chi connectivity index (χ0n) is 19.0. The molecule has 5 aromatic rings. The quantitative estimate of drug-likeness (QED) is 0.257. The highest BCUT2D eigenvalue weighted by Crippen LogP contribution is 2.40. The van der Waals surface area contributed by atoms with E-state index in [1.165, 1.54) is 6.07 Å². The van der Waals surface area contributed by atoms with Gasteiger partial charge in [-0.3, -0.25) is 4.98 Å². The fourth-order valence-corrected chi connectivity index (χ4v) is 4.31. The normalized spacial score (nSPS) is 11.5. The maximum Gasteiger partial charge on any atom is 0.418 e. The molecular formula is C30H22F3NO. The molecule has 0 radical (unpaired) electrons. The van der Waals surface area contributed by atoms with Crippen molar-refractivity contribution in [2.75, 3.05) is 0 Å². The van der Waals surface area contributed by atoms with Crippen LogP contribution in [0.1, 0.15) is 22.3 Å². The van der Waals surface area contributed by atoms with Crippen molar-refractivity contribution in [1.82, 2.24) is 4.98 Å². The first kappa shape index (κ1) is 22.7. The summed E-state index contributed by atoms with van der Waals surface area (Å²) in [6, 6.07) is 29.2. The Bertz CT molecular complexity index is 1490. The number of rotatable bonds is 5. The predicted molar refractivity (Wildman–Crippen MR) is 133 cm³/mol. The molecule has 0 bridgehead atoms. The number of halogens is 3. The summed E-state index contributed by atoms with van der Waals surface area (Å²) in [6.45, 7) is 1.99. The van der Waals surface area contributed by atoms with Crippen LogP contribution in [0.15, 0.2) is 103 Å². The van der Waals surface area contributed by atoms with Gasteiger partial charge in [0.15, 0.2) is 0 Å². The van der Waals surface area contributed by atoms with E-state index in [9.17, 15) is 13.2 Å². The van der Waals surface area contributed by atoms with Crippen molar-refractivity contribution < 1.29 is 17.9 Å². The molecule has 0 atom stereocenters. The minimum atomic E-state index is -4.50. The lowest BCUT2D eigenvalue weighted by Gasteiger charge is -2.17. The maximum absolute atomic E-state index is 13.8. The molecule has 0 spiro atoms. The molecule has 35 heavy (non-hydrogen) atoms. The van der Waals surface area contributed by atoms with Crippen LogP contribution >= 0.6 is 0 Å². The number of hydrogen-bond acceptors (Lipinski definition) is 2. The van der Waals surface area contributed by atoms with Gasteiger partial charge in [-0.15, -0.1) is 0 Å². The average molecular weight is 470 g/mol. The number of alkyl halides is 3. The van der Waals surface area contributed by atoms with Crippen LogP contribution in [0.4, 0.5) is 13.2 Å². The number of para-hydroxylation sites is 1. The monoisotopic (exact) mass is 469 g/mol. The summed E-state index contributed by atoms with van der Waals surface area (Å²) < 4.78 is 47.4. The van der Waals surface area contributed by atoms with Crippen LogP contribution in [-0.4, -0.2) is 4.98 Å². The molecule has 2 nitrogen and oxygen atoms in total. The lowest BCUT2D eigenvalue weighted by molar-refractivity contribution is -0.136. The molecule has 4 aromatic carbocycles. The van der Waals surface area contributed by atoms with Gasteiger partial charge in [0.05, 0.1) is 11.1 Å². The first-order valence-corrected chi connectivity index (χ1v) is 11.3. The summed E-state index contributed by atoms with van der Waals surface area (Å²) in [7, 11) is 0. The van der Waals surface area contributed by atoms with Crippen LogP contribution in [0.5, 0.6) is 11.5 Å². The third-order valence-corrected chi connectivity index (χ3v) is 5.87. The minimum absolute atomic E-state index is 0.0585. The number of ether oxygens (including phenoxy) is 1. The molecule has 0 N–H and O–H groups in total. The zero-order chi connectivity index (χ0) is 24.4. The lowest BCUT2D eigenvalue weighted by atomic mass is 9.92. The van der Waals surface area contributed by atoms with Crippen molar-refractivity contribution >= 4 is 10.9 Å². The van der Waals surface area contributed by atoms with Crippen molar-refractivity contribution in [3.05, 3.63) is 126 Å². The van der Waals surface area contributed by atoms with E-state index in [4.69, 9.17) is 4.74 Å². The van der Waals surface area contributed by atoms with Gasteiger partial charge in [0.25, 0.3) is 0 Å². The number of aromatic nitrogens is 1. The molecule has 5 heteroatoms. The molecular weight excluding hydrogens is 447 g/mol. The minimum Gasteiger partial charge on any atom is -0.457 e. The smallest absolute Gasteiger partial charge is 0.418 e. The van der Waals surface area contributed by atoms with E-state index in [1.54, 1.807) is 12.3 Å². The van der Waals surface area contributed by atoms with E-state index < -0.39 is 11.7 Å². The fraction of sp³-hybridized carbons (Fsp3) is 0.100. The van der Waals surface area contributed by atoms with Gasteiger partial charge >= 0.3 is 6.18 Å². The van der Waals surface area contributed by atoms with Gasteiger partial charge in [-0.25, -0.2) is 0 Å². The highest BCUT2D eigenvalue weighted by atomic mass is 19.4. The van der Waals surface area contributed by atoms with Gasteiger partial charge in [0.2, 0.25) is 0 Å². The number of hydrogen-bond donors (Lipinski definition) is 0. The molecule has 0 saturated carbocycles. The molecule has 0 unspecified atom stereocenters. The maximum atomic E-state index is 13.8. The highest BCUT2D eigenvalue weighted by Gasteiger charge is 2.33. The Morgan fingerprint density at radius 2 is 1.49 bits per heavy atom. The van der Waals surface area contributed by atoms with Crippen molar-refractivity contribution in [1.29, 1.82) is 0 Å². The third-order valence-electron chi connectivity index (χ3n) is 5.87. The number of fused-ring (bicyclic) bond motifs is 1. The average Bonchev–Trinajstić information content (AvgIpc) is 2.84. The molecule has 0 amide bonds. The summed E-state index contributed by atoms with van der Waals surface area (Å²) in [5.41, 5.74) is 3.66. The van der Waals surface area contributed by atoms with Gasteiger partial charge in [0, 0.05) is 11.6 Å². The summed E-state index contributed by atoms with van der Waals surface area (Å²) in [5.74, 6) is 1.31. The second-order valence-electron chi connectivity index (χ2n) is 8.47. The lowest BCUT2D eigenvalue weighted by Crippen LogP contribution is -2.07. The molecule has 174 valence electrons. The summed E-state index contributed by atoms with van der Waals surface area (Å²) >= 11 is 0. The Labute approximate surface area is 201 Å². The van der Waals surface area contributed by atoms with Crippen LogP contribution in [0.3, 0.4) is 0 Å². The third kappa shape index (κ3) is 4.90. The van der Waals surface area contributed by atoms with E-state index in [0.717, 1.165) is 33.9 Å². The Morgan fingerprint density at radius 3 is 2.23 bits per heavy atom. The van der Waals surface area contributed by atoms with E-state index in [-0.39, 0.29) is 5.52 Å². The second kappa shape index (κ2) is 9.26. The van der Waals surface area contributed by atoms with Gasteiger partial charge in [-0.05, 0) is 71.5 Å². The van der Waals surface area contributed by atoms with Crippen LogP contribution in [0.2, 0.25) is 0 Å². The van der Waals surface area contributed by atoms with Gasteiger partial charge in [-0.2, -0.15) is 13.2 Å². The summed E-state index contributed by atoms with van der Waals surface area (Å²) in [5, 5.41) is 0.459. The number of aryl methyl sites for hydroxylation is 1. The van der Waals surface area contributed by atoms with Crippen LogP contribution in [-0.2, 0) is 12.6 Å². The summed E-state index contributed by atoms with van der Waals surface area (Å²) in [4.78, 5) is 4.28. The van der Waals surface area contributed by atoms with Gasteiger partial charge in [0.1, 0.15) is 11.5 Å². The van der Waals surface area contributed by atoms with E-state index in [0.29, 0.717) is 23.3 Å². The Balaban J connectivity index is 1.68. The number of benzene rings is 4. The SMILES string of the molecule is Cc1cccc(Oc2cccc(-c3c(Cc4ccccc4)cnc4c(C(F)(F)F)cccc34)c2)c1. The largest absolute Gasteiger partial charge is 0.457 e. The molecule has 1 aromatic heterocycles. The molecule has 5 rings (SSSR count). The van der Waals surface area contributed by atoms with E-state index in [2.05, 4.69) is 4.98 Å². The molecule has 0 saturated heterocycles. The van der Waals surface area contributed by atoms with Crippen LogP contribution in [0, 0.1) is 6.92 Å². The molecule has 0 aliphatic heterocycles. The first-order chi connectivity index (χ1) is 16.9. The molecule has 0 aliphatic rings. The van der Waals surface area contributed by atoms with Crippen molar-refractivity contribution in [3.63, 3.8) is 0 Å². The number of nitrogens with zero attached hydrogens (tertiary/aromatic N) is 1. The van der Waals surface area contributed by atoms with Gasteiger partial charge < -0.3 is 4.74 Å². The molecule has 0 fully saturated rings. The van der Waals surface area contributed by atoms with Crippen molar-refractivity contribution in [3.8, 4) is 22.6 Å². The standard InChI is InChI=1S/C30H22F3NO/c1-20-8-5-12-24(16-20)35-25-13-6-11-22(18-25)28-23(17-21-9-3-2-4-10-21)19-34-29-26(28)14-7-15-27(29)30(31,32)33/h2-16,18-19H,17H2,1H3. The van der Waals surface area contributed by atoms with Crippen LogP contribution < -0.4 is 4.74 Å². The number of pyridine rings is 1. The Hall–Kier alpha value is -4.12. The van der Waals surface area contributed by atoms with Gasteiger partial charge in [-0.1, -0.05) is 66.7 Å². The predicted octanol–water partition coefficient (Wildman–Crippen LogP) is 8.61. The van der Waals surface area contributed by atoms with Crippen LogP contribution in [0.25, 0.3) is 22.0 Å². The Morgan fingerprint density at radius 1 is 0.771 bits per heavy atom. The molecule has 0 aliphatic carbocycles. The van der Waals surface area contributed by atoms with E-state index in [1.807, 2.05) is 85.8 Å². The topological polar surface area (TPSA) is 22.1 Å².